The van der Waals surface area contributed by atoms with Crippen LogP contribution < -0.4 is 34.7 Å². The molecular formula is C3H5NaO3. The quantitative estimate of drug-likeness (QED) is 0.348. The molecule has 0 amide bonds. The largest absolute Gasteiger partial charge is 1.00 e. The number of carboxylic acid groups (broad SMARTS) is 1. The summed E-state index contributed by atoms with van der Waals surface area (Å²) in [5.74, 6) is -1.44. The van der Waals surface area contributed by atoms with E-state index >= 15 is 0 Å². The second-order valence-corrected chi connectivity index (χ2v) is 0.995. The number of carboxylic acids is 1. The van der Waals surface area contributed by atoms with Crippen LogP contribution in [-0.4, -0.2) is 17.2 Å². The van der Waals surface area contributed by atoms with Gasteiger partial charge in [-0.05, 0) is 6.92 Å². The molecule has 1 N–H and O–H groups in total. The summed E-state index contributed by atoms with van der Waals surface area (Å²) in [5, 5.41) is 17.3. The van der Waals surface area contributed by atoms with E-state index in [2.05, 4.69) is 0 Å². The first-order valence-electron chi connectivity index (χ1n) is 1.53. The first-order chi connectivity index (χ1) is 2.64. The molecule has 0 bridgehead atoms. The fourth-order valence-electron chi connectivity index (χ4n) is 0. The molecule has 0 fully saturated rings. The van der Waals surface area contributed by atoms with E-state index in [4.69, 9.17) is 5.11 Å². The average Bonchev–Trinajstić information content (AvgIpc) is 1.36. The van der Waals surface area contributed by atoms with E-state index in [1.54, 1.807) is 0 Å². The summed E-state index contributed by atoms with van der Waals surface area (Å²) in [4.78, 5) is 9.34. The molecule has 3 nitrogen and oxygen atoms in total. The molecule has 0 aliphatic heterocycles. The first kappa shape index (κ1) is 10.4. The molecule has 0 spiro atoms. The zero-order valence-corrected chi connectivity index (χ0v) is 6.34. The fraction of sp³-hybridized carbons (Fsp3) is 0.667. The van der Waals surface area contributed by atoms with Crippen molar-refractivity contribution < 1.29 is 44.6 Å². The average molecular weight is 114 g/mol. The molecule has 0 aliphatic carbocycles. The minimum atomic E-state index is -1.44. The minimum absolute atomic E-state index is 0. The van der Waals surface area contributed by atoms with Crippen LogP contribution in [0.15, 0.2) is 0 Å². The van der Waals surface area contributed by atoms with Crippen molar-refractivity contribution in [2.24, 2.45) is 0 Å². The van der Waals surface area contributed by atoms with E-state index in [0.717, 1.165) is 6.92 Å². The molecule has 0 rings (SSSR count). The molecule has 0 aromatic rings. The maximum atomic E-state index is 9.34. The molecule has 0 aromatic carbocycles. The van der Waals surface area contributed by atoms with E-state index in [9.17, 15) is 9.90 Å². The summed E-state index contributed by atoms with van der Waals surface area (Å²) < 4.78 is 0. The predicted molar refractivity (Wildman–Crippen MR) is 16.7 cm³/mol. The number of hydrogen-bond acceptors (Lipinski definition) is 3. The molecule has 4 heteroatoms. The molecule has 0 saturated heterocycles. The van der Waals surface area contributed by atoms with Crippen LogP contribution in [-0.2, 0) is 4.79 Å². The fourth-order valence-corrected chi connectivity index (χ4v) is 0. The van der Waals surface area contributed by atoms with Crippen LogP contribution in [0.4, 0.5) is 0 Å². The van der Waals surface area contributed by atoms with Gasteiger partial charge in [-0.25, -0.2) is 0 Å². The number of aliphatic carboxylic acids is 1. The van der Waals surface area contributed by atoms with E-state index in [0.29, 0.717) is 0 Å². The van der Waals surface area contributed by atoms with Crippen LogP contribution in [0.2, 0.25) is 0 Å². The summed E-state index contributed by atoms with van der Waals surface area (Å²) in [5.41, 5.74) is 0. The van der Waals surface area contributed by atoms with Gasteiger partial charge in [0.2, 0.25) is 0 Å². The van der Waals surface area contributed by atoms with Crippen molar-refractivity contribution in [2.75, 3.05) is 0 Å². The molecule has 1 unspecified atom stereocenters. The van der Waals surface area contributed by atoms with Crippen LogP contribution in [0.5, 0.6) is 0 Å². The Labute approximate surface area is 63.6 Å². The zero-order chi connectivity index (χ0) is 5.15. The van der Waals surface area contributed by atoms with Crippen molar-refractivity contribution in [2.45, 2.75) is 13.0 Å². The summed E-state index contributed by atoms with van der Waals surface area (Å²) >= 11 is 0. The van der Waals surface area contributed by atoms with Crippen LogP contribution in [0.3, 0.4) is 0 Å². The summed E-state index contributed by atoms with van der Waals surface area (Å²) in [7, 11) is 0. The number of rotatable bonds is 1. The van der Waals surface area contributed by atoms with Gasteiger partial charge in [0.05, 0.1) is 12.1 Å². The van der Waals surface area contributed by atoms with Crippen LogP contribution in [0.1, 0.15) is 6.92 Å². The number of carbonyl (C=O) groups is 1. The Morgan fingerprint density at radius 3 is 2.00 bits per heavy atom. The molecule has 0 aliphatic rings. The number of aliphatic hydroxyl groups excluding tert-OH is 1. The van der Waals surface area contributed by atoms with Crippen LogP contribution >= 0.6 is 0 Å². The molecular weight excluding hydrogens is 109 g/mol. The zero-order valence-electron chi connectivity index (χ0n) is 4.34. The predicted octanol–water partition coefficient (Wildman–Crippen LogP) is -4.88. The Bertz CT molecular complexity index is 61.2. The Balaban J connectivity index is 0. The van der Waals surface area contributed by atoms with Gasteiger partial charge in [-0.15, -0.1) is 0 Å². The number of hydrogen-bond donors (Lipinski definition) is 1. The van der Waals surface area contributed by atoms with Gasteiger partial charge in [-0.2, -0.15) is 0 Å². The maximum absolute atomic E-state index is 9.34. The Morgan fingerprint density at radius 2 is 2.00 bits per heavy atom. The van der Waals surface area contributed by atoms with Crippen molar-refractivity contribution in [3.05, 3.63) is 0 Å². The second kappa shape index (κ2) is 4.59. The Hall–Kier alpha value is 0.430. The van der Waals surface area contributed by atoms with E-state index in [1.165, 1.54) is 0 Å². The van der Waals surface area contributed by atoms with Gasteiger partial charge in [0.15, 0.2) is 0 Å². The summed E-state index contributed by atoms with van der Waals surface area (Å²) in [6.45, 7) is 1.13. The first-order valence-corrected chi connectivity index (χ1v) is 1.53. The van der Waals surface area contributed by atoms with Gasteiger partial charge in [0, 0.05) is 0 Å². The van der Waals surface area contributed by atoms with Crippen molar-refractivity contribution in [3.63, 3.8) is 0 Å². The van der Waals surface area contributed by atoms with Crippen molar-refractivity contribution in [3.8, 4) is 0 Å². The topological polar surface area (TPSA) is 60.4 Å². The van der Waals surface area contributed by atoms with E-state index < -0.39 is 12.1 Å². The smallest absolute Gasteiger partial charge is 0.547 e. The standard InChI is InChI=1S/C3H6O3.Na/c1-2(4)3(5)6;/h2,4H,1H3,(H,5,6);/q;+1/p-1/i3+2;. The number of aliphatic hydroxyl groups is 1. The monoisotopic (exact) mass is 114 g/mol. The van der Waals surface area contributed by atoms with Crippen LogP contribution in [0, 0.1) is 0 Å². The Morgan fingerprint density at radius 1 is 1.86 bits per heavy atom. The minimum Gasteiger partial charge on any atom is -0.547 e. The van der Waals surface area contributed by atoms with Gasteiger partial charge < -0.3 is 15.0 Å². The summed E-state index contributed by atoms with van der Waals surface area (Å²) in [6, 6.07) is 0. The van der Waals surface area contributed by atoms with E-state index in [1.807, 2.05) is 0 Å². The SMILES string of the molecule is CC(O)[14C](=O)[O-].[Na+]. The normalized spacial score (nSPS) is 11.7. The van der Waals surface area contributed by atoms with Crippen molar-refractivity contribution in [1.29, 1.82) is 0 Å². The van der Waals surface area contributed by atoms with Gasteiger partial charge in [-0.1, -0.05) is 0 Å². The third-order valence-electron chi connectivity index (χ3n) is 0.341. The summed E-state index contributed by atoms with van der Waals surface area (Å²) in [6.07, 6.45) is -1.34. The Kier molecular flexibility index (Phi) is 6.82. The van der Waals surface area contributed by atoms with Crippen molar-refractivity contribution in [1.82, 2.24) is 0 Å². The van der Waals surface area contributed by atoms with Gasteiger partial charge >= 0.3 is 29.6 Å². The van der Waals surface area contributed by atoms with Gasteiger partial charge in [0.1, 0.15) is 0 Å². The number of carbonyl (C=O) groups excluding carboxylic acids is 1. The maximum Gasteiger partial charge on any atom is 1.00 e. The van der Waals surface area contributed by atoms with Crippen LogP contribution in [0.25, 0.3) is 0 Å². The third-order valence-corrected chi connectivity index (χ3v) is 0.341. The second-order valence-electron chi connectivity index (χ2n) is 0.995. The molecule has 0 radical (unpaired) electrons. The molecule has 0 aromatic heterocycles. The molecule has 0 heterocycles. The molecule has 1 atom stereocenters. The third kappa shape index (κ3) is 6.43. The van der Waals surface area contributed by atoms with E-state index in [-0.39, 0.29) is 29.6 Å². The molecule has 0 saturated carbocycles. The van der Waals surface area contributed by atoms with Gasteiger partial charge in [0.25, 0.3) is 0 Å². The molecule has 36 valence electrons. The molecule has 7 heavy (non-hydrogen) atoms. The van der Waals surface area contributed by atoms with Gasteiger partial charge in [-0.3, -0.25) is 0 Å². The van der Waals surface area contributed by atoms with Crippen molar-refractivity contribution >= 4 is 5.97 Å².